The van der Waals surface area contributed by atoms with Gasteiger partial charge in [0.15, 0.2) is 0 Å². The Kier molecular flexibility index (Phi) is 5.69. The van der Waals surface area contributed by atoms with Crippen molar-refractivity contribution in [3.8, 4) is 0 Å². The minimum absolute atomic E-state index is 0.0839. The molecule has 1 aromatic rings. The molecular formula is C31H40O3. The van der Waals surface area contributed by atoms with E-state index < -0.39 is 5.97 Å². The molecular weight excluding hydrogens is 420 g/mol. The van der Waals surface area contributed by atoms with E-state index in [9.17, 15) is 14.7 Å². The number of Topliss-reactive ketones (excluding diaryl/α,β-unsaturated/α-hetero) is 1. The van der Waals surface area contributed by atoms with E-state index in [4.69, 9.17) is 0 Å². The molecule has 182 valence electrons. The van der Waals surface area contributed by atoms with Crippen molar-refractivity contribution in [3.05, 3.63) is 59.2 Å². The molecule has 2 saturated carbocycles. The minimum Gasteiger partial charge on any atom is -0.478 e. The largest absolute Gasteiger partial charge is 0.478 e. The average Bonchev–Trinajstić information content (AvgIpc) is 3.16. The molecule has 0 bridgehead atoms. The van der Waals surface area contributed by atoms with Crippen LogP contribution >= 0.6 is 0 Å². The number of benzene rings is 1. The van der Waals surface area contributed by atoms with Crippen LogP contribution in [0.1, 0.15) is 84.6 Å². The molecule has 0 amide bonds. The highest BCUT2D eigenvalue weighted by Crippen LogP contribution is 2.66. The predicted octanol–water partition coefficient (Wildman–Crippen LogP) is 7.12. The molecule has 0 saturated heterocycles. The molecule has 5 rings (SSSR count). The fraction of sp³-hybridized carbons (Fsp3) is 0.613. The summed E-state index contributed by atoms with van der Waals surface area (Å²) in [6, 6.07) is 10.5. The van der Waals surface area contributed by atoms with Crippen molar-refractivity contribution in [2.75, 3.05) is 0 Å². The maximum atomic E-state index is 13.8. The van der Waals surface area contributed by atoms with Crippen LogP contribution in [-0.4, -0.2) is 16.9 Å². The second kappa shape index (κ2) is 8.21. The Morgan fingerprint density at radius 1 is 1.03 bits per heavy atom. The van der Waals surface area contributed by atoms with Gasteiger partial charge in [-0.25, -0.2) is 4.79 Å². The van der Waals surface area contributed by atoms with Gasteiger partial charge in [-0.1, -0.05) is 64.1 Å². The SMILES string of the molecule is CC(C)(CC(=O)[C@H]1CC[C@H]2[C@@H]3CC=C4C=C(C(=O)O)CC[C@]4(C)[C@H]3CC[C@]12C)c1ccccc1. The zero-order valence-electron chi connectivity index (χ0n) is 21.3. The van der Waals surface area contributed by atoms with Gasteiger partial charge in [0.1, 0.15) is 5.78 Å². The number of aliphatic carboxylic acids is 1. The zero-order valence-corrected chi connectivity index (χ0v) is 21.3. The van der Waals surface area contributed by atoms with Gasteiger partial charge in [-0.15, -0.1) is 0 Å². The third kappa shape index (κ3) is 3.62. The Balaban J connectivity index is 1.37. The highest BCUT2D eigenvalue weighted by molar-refractivity contribution is 5.87. The summed E-state index contributed by atoms with van der Waals surface area (Å²) in [6.07, 6.45) is 12.1. The summed E-state index contributed by atoms with van der Waals surface area (Å²) in [5.74, 6) is 1.68. The predicted molar refractivity (Wildman–Crippen MR) is 135 cm³/mol. The monoisotopic (exact) mass is 460 g/mol. The summed E-state index contributed by atoms with van der Waals surface area (Å²) < 4.78 is 0. The van der Waals surface area contributed by atoms with Crippen molar-refractivity contribution in [1.82, 2.24) is 0 Å². The Labute approximate surface area is 204 Å². The molecule has 3 nitrogen and oxygen atoms in total. The number of carboxylic acids is 1. The first-order valence-electron chi connectivity index (χ1n) is 13.3. The quantitative estimate of drug-likeness (QED) is 0.509. The first-order chi connectivity index (χ1) is 16.1. The van der Waals surface area contributed by atoms with Crippen molar-refractivity contribution >= 4 is 11.8 Å². The van der Waals surface area contributed by atoms with E-state index >= 15 is 0 Å². The summed E-state index contributed by atoms with van der Waals surface area (Å²) in [5.41, 5.74) is 3.11. The van der Waals surface area contributed by atoms with Gasteiger partial charge in [0.2, 0.25) is 0 Å². The Hall–Kier alpha value is -2.16. The van der Waals surface area contributed by atoms with Gasteiger partial charge >= 0.3 is 5.97 Å². The molecule has 2 fully saturated rings. The third-order valence-electron chi connectivity index (χ3n) is 10.6. The second-order valence-electron chi connectivity index (χ2n) is 12.7. The molecule has 1 aromatic carbocycles. The molecule has 34 heavy (non-hydrogen) atoms. The topological polar surface area (TPSA) is 54.4 Å². The molecule has 6 atom stereocenters. The first-order valence-corrected chi connectivity index (χ1v) is 13.3. The van der Waals surface area contributed by atoms with E-state index in [1.807, 2.05) is 12.1 Å². The minimum atomic E-state index is -0.767. The van der Waals surface area contributed by atoms with Gasteiger partial charge < -0.3 is 5.11 Å². The molecule has 0 spiro atoms. The smallest absolute Gasteiger partial charge is 0.331 e. The fourth-order valence-electron chi connectivity index (χ4n) is 8.57. The van der Waals surface area contributed by atoms with Gasteiger partial charge in [0, 0.05) is 17.9 Å². The van der Waals surface area contributed by atoms with Crippen LogP contribution < -0.4 is 0 Å². The highest BCUT2D eigenvalue weighted by Gasteiger charge is 2.59. The second-order valence-corrected chi connectivity index (χ2v) is 12.7. The van der Waals surface area contributed by atoms with E-state index in [0.29, 0.717) is 42.0 Å². The van der Waals surface area contributed by atoms with Crippen LogP contribution in [0.2, 0.25) is 0 Å². The van der Waals surface area contributed by atoms with Crippen molar-refractivity contribution in [1.29, 1.82) is 0 Å². The van der Waals surface area contributed by atoms with E-state index in [2.05, 4.69) is 58.0 Å². The summed E-state index contributed by atoms with van der Waals surface area (Å²) in [5, 5.41) is 9.51. The lowest BCUT2D eigenvalue weighted by atomic mass is 9.47. The van der Waals surface area contributed by atoms with Crippen molar-refractivity contribution in [2.24, 2.45) is 34.5 Å². The molecule has 1 N–H and O–H groups in total. The molecule has 0 heterocycles. The highest BCUT2D eigenvalue weighted by atomic mass is 16.4. The number of ketones is 1. The number of carboxylic acid groups (broad SMARTS) is 1. The van der Waals surface area contributed by atoms with E-state index in [-0.39, 0.29) is 22.2 Å². The van der Waals surface area contributed by atoms with Crippen LogP contribution in [-0.2, 0) is 15.0 Å². The Morgan fingerprint density at radius 3 is 2.47 bits per heavy atom. The van der Waals surface area contributed by atoms with Gasteiger partial charge in [-0.05, 0) is 96.2 Å². The van der Waals surface area contributed by atoms with Gasteiger partial charge in [0.05, 0.1) is 0 Å². The normalized spacial score (nSPS) is 37.1. The van der Waals surface area contributed by atoms with Crippen LogP contribution in [0.25, 0.3) is 0 Å². The summed E-state index contributed by atoms with van der Waals surface area (Å²) in [7, 11) is 0. The van der Waals surface area contributed by atoms with Crippen LogP contribution in [0.3, 0.4) is 0 Å². The van der Waals surface area contributed by atoms with Gasteiger partial charge in [-0.3, -0.25) is 4.79 Å². The van der Waals surface area contributed by atoms with Crippen molar-refractivity contribution < 1.29 is 14.7 Å². The molecule has 4 aliphatic carbocycles. The number of carbonyl (C=O) groups is 2. The molecule has 3 heteroatoms. The number of carbonyl (C=O) groups excluding carboxylic acids is 1. The van der Waals surface area contributed by atoms with E-state index in [1.165, 1.54) is 11.1 Å². The molecule has 0 unspecified atom stereocenters. The number of hydrogen-bond donors (Lipinski definition) is 1. The lowest BCUT2D eigenvalue weighted by molar-refractivity contribution is -0.133. The van der Waals surface area contributed by atoms with Crippen molar-refractivity contribution in [2.45, 2.75) is 84.5 Å². The van der Waals surface area contributed by atoms with Gasteiger partial charge in [-0.2, -0.15) is 0 Å². The molecule has 4 aliphatic rings. The van der Waals surface area contributed by atoms with E-state index in [0.717, 1.165) is 38.5 Å². The fourth-order valence-corrected chi connectivity index (χ4v) is 8.57. The molecule has 0 aromatic heterocycles. The van der Waals surface area contributed by atoms with Crippen LogP contribution in [0.5, 0.6) is 0 Å². The maximum absolute atomic E-state index is 13.8. The molecule has 0 aliphatic heterocycles. The number of rotatable bonds is 5. The summed E-state index contributed by atoms with van der Waals surface area (Å²) >= 11 is 0. The van der Waals surface area contributed by atoms with Crippen molar-refractivity contribution in [3.63, 3.8) is 0 Å². The standard InChI is InChI=1S/C31H40O3/c1-29(2,21-8-6-5-7-9-21)19-27(32)26-13-12-24-23-11-10-22-18-20(28(33)34)14-16-30(22,3)25(23)15-17-31(24,26)4/h5-10,18,23-26H,11-17,19H2,1-4H3,(H,33,34)/t23-,24-,25-,26+,30-,31-/m0/s1. The summed E-state index contributed by atoms with van der Waals surface area (Å²) in [6.45, 7) is 9.22. The number of allylic oxidation sites excluding steroid dienone is 3. The number of fused-ring (bicyclic) bond motifs is 5. The van der Waals surface area contributed by atoms with Gasteiger partial charge in [0.25, 0.3) is 0 Å². The number of hydrogen-bond acceptors (Lipinski definition) is 2. The Morgan fingerprint density at radius 2 is 1.76 bits per heavy atom. The van der Waals surface area contributed by atoms with Crippen LogP contribution in [0.4, 0.5) is 0 Å². The lowest BCUT2D eigenvalue weighted by Crippen LogP contribution is -2.50. The Bertz CT molecular complexity index is 1050. The molecule has 0 radical (unpaired) electrons. The van der Waals surface area contributed by atoms with E-state index in [1.54, 1.807) is 0 Å². The van der Waals surface area contributed by atoms with Crippen LogP contribution in [0, 0.1) is 34.5 Å². The zero-order chi connectivity index (χ0) is 24.3. The maximum Gasteiger partial charge on any atom is 0.331 e. The summed E-state index contributed by atoms with van der Waals surface area (Å²) in [4.78, 5) is 25.3. The first kappa shape index (κ1) is 23.6. The lowest BCUT2D eigenvalue weighted by Gasteiger charge is -2.57. The van der Waals surface area contributed by atoms with Crippen LogP contribution in [0.15, 0.2) is 53.6 Å². The average molecular weight is 461 g/mol. The third-order valence-corrected chi connectivity index (χ3v) is 10.6.